The van der Waals surface area contributed by atoms with Crippen LogP contribution in [0.1, 0.15) is 24.2 Å². The zero-order valence-corrected chi connectivity index (χ0v) is 10.8. The third kappa shape index (κ3) is 4.33. The normalized spacial score (nSPS) is 10.7. The summed E-state index contributed by atoms with van der Waals surface area (Å²) in [5.41, 5.74) is 5.82. The van der Waals surface area contributed by atoms with Crippen LogP contribution in [0.5, 0.6) is 0 Å². The third-order valence-electron chi connectivity index (χ3n) is 2.69. The van der Waals surface area contributed by atoms with Gasteiger partial charge in [-0.2, -0.15) is 0 Å². The number of carbonyl (C=O) groups excluding carboxylic acids is 1. The van der Waals surface area contributed by atoms with Gasteiger partial charge in [0.15, 0.2) is 0 Å². The molecular formula is C13H19FN2O2. The minimum Gasteiger partial charge on any atom is -0.461 e. The van der Waals surface area contributed by atoms with Crippen molar-refractivity contribution < 1.29 is 13.9 Å². The molecule has 0 saturated carbocycles. The molecule has 1 rings (SSSR count). The Balaban J connectivity index is 2.50. The van der Waals surface area contributed by atoms with Crippen LogP contribution in [-0.4, -0.2) is 37.1 Å². The number of ether oxygens (including phenoxy) is 1. The highest BCUT2D eigenvalue weighted by Gasteiger charge is 2.10. The molecule has 0 aliphatic rings. The molecule has 1 aromatic carbocycles. The smallest absolute Gasteiger partial charge is 0.338 e. The van der Waals surface area contributed by atoms with E-state index in [1.165, 1.54) is 6.07 Å². The molecule has 5 heteroatoms. The van der Waals surface area contributed by atoms with Crippen LogP contribution in [0, 0.1) is 5.82 Å². The fourth-order valence-electron chi connectivity index (χ4n) is 1.62. The molecule has 0 radical (unpaired) electrons. The molecule has 0 bridgehead atoms. The van der Waals surface area contributed by atoms with Gasteiger partial charge in [-0.15, -0.1) is 0 Å². The average Bonchev–Trinajstić information content (AvgIpc) is 2.33. The number of anilines is 1. The second-order valence-corrected chi connectivity index (χ2v) is 3.94. The molecule has 1 aromatic rings. The second-order valence-electron chi connectivity index (χ2n) is 3.94. The SMILES string of the molecule is CCN(CC)CCOC(=O)c1cc(N)cc(F)c1. The van der Waals surface area contributed by atoms with E-state index in [0.717, 1.165) is 25.2 Å². The van der Waals surface area contributed by atoms with Crippen LogP contribution >= 0.6 is 0 Å². The van der Waals surface area contributed by atoms with Crippen molar-refractivity contribution in [3.63, 3.8) is 0 Å². The number of nitrogens with zero attached hydrogens (tertiary/aromatic N) is 1. The number of nitrogen functional groups attached to an aromatic ring is 1. The summed E-state index contributed by atoms with van der Waals surface area (Å²) in [4.78, 5) is 13.8. The molecule has 0 saturated heterocycles. The lowest BCUT2D eigenvalue weighted by Gasteiger charge is -2.17. The maximum absolute atomic E-state index is 13.1. The number of carbonyl (C=O) groups is 1. The van der Waals surface area contributed by atoms with E-state index in [-0.39, 0.29) is 17.9 Å². The molecule has 0 fully saturated rings. The number of esters is 1. The predicted molar refractivity (Wildman–Crippen MR) is 68.9 cm³/mol. The van der Waals surface area contributed by atoms with Gasteiger partial charge in [-0.05, 0) is 31.3 Å². The van der Waals surface area contributed by atoms with E-state index in [1.807, 2.05) is 13.8 Å². The third-order valence-corrected chi connectivity index (χ3v) is 2.69. The van der Waals surface area contributed by atoms with Crippen LogP contribution in [0.15, 0.2) is 18.2 Å². The molecule has 0 amide bonds. The van der Waals surface area contributed by atoms with Crippen molar-refractivity contribution in [2.45, 2.75) is 13.8 Å². The van der Waals surface area contributed by atoms with Gasteiger partial charge < -0.3 is 15.4 Å². The van der Waals surface area contributed by atoms with Crippen LogP contribution in [0.4, 0.5) is 10.1 Å². The quantitative estimate of drug-likeness (QED) is 0.622. The molecule has 4 nitrogen and oxygen atoms in total. The summed E-state index contributed by atoms with van der Waals surface area (Å²) >= 11 is 0. The first-order valence-electron chi connectivity index (χ1n) is 6.02. The Hall–Kier alpha value is -1.62. The van der Waals surface area contributed by atoms with Gasteiger partial charge in [-0.3, -0.25) is 0 Å². The molecule has 0 spiro atoms. The maximum atomic E-state index is 13.1. The molecule has 2 N–H and O–H groups in total. The maximum Gasteiger partial charge on any atom is 0.338 e. The van der Waals surface area contributed by atoms with E-state index in [9.17, 15) is 9.18 Å². The monoisotopic (exact) mass is 254 g/mol. The first-order valence-corrected chi connectivity index (χ1v) is 6.02. The minimum absolute atomic E-state index is 0.145. The summed E-state index contributed by atoms with van der Waals surface area (Å²) in [6.07, 6.45) is 0. The van der Waals surface area contributed by atoms with Gasteiger partial charge in [0.2, 0.25) is 0 Å². The Morgan fingerprint density at radius 1 is 1.33 bits per heavy atom. The lowest BCUT2D eigenvalue weighted by Crippen LogP contribution is -2.27. The van der Waals surface area contributed by atoms with E-state index in [4.69, 9.17) is 10.5 Å². The summed E-state index contributed by atoms with van der Waals surface area (Å²) < 4.78 is 18.1. The van der Waals surface area contributed by atoms with Gasteiger partial charge in [0, 0.05) is 12.2 Å². The van der Waals surface area contributed by atoms with Gasteiger partial charge >= 0.3 is 5.97 Å². The van der Waals surface area contributed by atoms with Gasteiger partial charge in [0.1, 0.15) is 12.4 Å². The van der Waals surface area contributed by atoms with Crippen LogP contribution < -0.4 is 5.73 Å². The van der Waals surface area contributed by atoms with Crippen molar-refractivity contribution in [1.29, 1.82) is 0 Å². The Morgan fingerprint density at radius 3 is 2.56 bits per heavy atom. The number of hydrogen-bond donors (Lipinski definition) is 1. The zero-order chi connectivity index (χ0) is 13.5. The van der Waals surface area contributed by atoms with Gasteiger partial charge in [-0.1, -0.05) is 13.8 Å². The van der Waals surface area contributed by atoms with Crippen LogP contribution in [0.2, 0.25) is 0 Å². The Labute approximate surface area is 107 Å². The molecule has 0 aliphatic carbocycles. The number of nitrogens with two attached hydrogens (primary N) is 1. The Bertz CT molecular complexity index is 386. The van der Waals surface area contributed by atoms with E-state index < -0.39 is 11.8 Å². The van der Waals surface area contributed by atoms with Crippen molar-refractivity contribution in [3.8, 4) is 0 Å². The first kappa shape index (κ1) is 14.4. The van der Waals surface area contributed by atoms with Crippen molar-refractivity contribution >= 4 is 11.7 Å². The van der Waals surface area contributed by atoms with Crippen LogP contribution in [0.25, 0.3) is 0 Å². The molecule has 0 aliphatic heterocycles. The summed E-state index contributed by atoms with van der Waals surface area (Å²) in [7, 11) is 0. The Kier molecular flexibility index (Phi) is 5.58. The highest BCUT2D eigenvalue weighted by molar-refractivity contribution is 5.90. The van der Waals surface area contributed by atoms with Crippen LogP contribution in [0.3, 0.4) is 0 Å². The topological polar surface area (TPSA) is 55.6 Å². The van der Waals surface area contributed by atoms with E-state index >= 15 is 0 Å². The zero-order valence-electron chi connectivity index (χ0n) is 10.8. The largest absolute Gasteiger partial charge is 0.461 e. The highest BCUT2D eigenvalue weighted by Crippen LogP contribution is 2.11. The number of benzene rings is 1. The summed E-state index contributed by atoms with van der Waals surface area (Å²) in [5.74, 6) is -1.08. The number of halogens is 1. The van der Waals surface area contributed by atoms with E-state index in [2.05, 4.69) is 4.90 Å². The van der Waals surface area contributed by atoms with Gasteiger partial charge in [0.05, 0.1) is 5.56 Å². The summed E-state index contributed by atoms with van der Waals surface area (Å²) in [5, 5.41) is 0. The lowest BCUT2D eigenvalue weighted by atomic mass is 10.2. The predicted octanol–water partition coefficient (Wildman–Crippen LogP) is 1.91. The van der Waals surface area contributed by atoms with E-state index in [0.29, 0.717) is 6.54 Å². The minimum atomic E-state index is -0.548. The lowest BCUT2D eigenvalue weighted by molar-refractivity contribution is 0.0466. The van der Waals surface area contributed by atoms with Crippen LogP contribution in [-0.2, 0) is 4.74 Å². The molecule has 0 atom stereocenters. The number of hydrogen-bond acceptors (Lipinski definition) is 4. The molecule has 100 valence electrons. The van der Waals surface area contributed by atoms with Gasteiger partial charge in [0.25, 0.3) is 0 Å². The average molecular weight is 254 g/mol. The van der Waals surface area contributed by atoms with Crippen molar-refractivity contribution in [1.82, 2.24) is 4.90 Å². The summed E-state index contributed by atoms with van der Waals surface area (Å²) in [6.45, 7) is 6.85. The van der Waals surface area contributed by atoms with Crippen molar-refractivity contribution in [2.24, 2.45) is 0 Å². The molecule has 0 aromatic heterocycles. The number of rotatable bonds is 6. The molecule has 18 heavy (non-hydrogen) atoms. The molecule has 0 unspecified atom stereocenters. The van der Waals surface area contributed by atoms with Crippen molar-refractivity contribution in [2.75, 3.05) is 32.0 Å². The number of likely N-dealkylation sites (N-methyl/N-ethyl adjacent to an activating group) is 1. The second kappa shape index (κ2) is 6.96. The van der Waals surface area contributed by atoms with Gasteiger partial charge in [-0.25, -0.2) is 9.18 Å². The molecular weight excluding hydrogens is 235 g/mol. The fourth-order valence-corrected chi connectivity index (χ4v) is 1.62. The standard InChI is InChI=1S/C13H19FN2O2/c1-3-16(4-2)5-6-18-13(17)10-7-11(14)9-12(15)8-10/h7-9H,3-6,15H2,1-2H3. The fraction of sp³-hybridized carbons (Fsp3) is 0.462. The first-order chi connectivity index (χ1) is 8.56. The highest BCUT2D eigenvalue weighted by atomic mass is 19.1. The summed E-state index contributed by atoms with van der Waals surface area (Å²) in [6, 6.07) is 3.69. The Morgan fingerprint density at radius 2 is 2.00 bits per heavy atom. The van der Waals surface area contributed by atoms with E-state index in [1.54, 1.807) is 0 Å². The molecule has 0 heterocycles. The van der Waals surface area contributed by atoms with Crippen molar-refractivity contribution in [3.05, 3.63) is 29.6 Å².